The number of rotatable bonds is 1. The van der Waals surface area contributed by atoms with E-state index < -0.39 is 5.91 Å². The van der Waals surface area contributed by atoms with Gasteiger partial charge in [-0.15, -0.1) is 11.3 Å². The monoisotopic (exact) mass is 303 g/mol. The van der Waals surface area contributed by atoms with Crippen LogP contribution >= 0.6 is 11.3 Å². The quantitative estimate of drug-likeness (QED) is 0.849. The van der Waals surface area contributed by atoms with Crippen LogP contribution in [0.25, 0.3) is 10.2 Å². The van der Waals surface area contributed by atoms with Crippen molar-refractivity contribution >= 4 is 33.1 Å². The summed E-state index contributed by atoms with van der Waals surface area (Å²) >= 11 is 1.30. The van der Waals surface area contributed by atoms with Crippen LogP contribution in [0.2, 0.25) is 0 Å². The number of amides is 1. The van der Waals surface area contributed by atoms with E-state index in [1.54, 1.807) is 0 Å². The van der Waals surface area contributed by atoms with Gasteiger partial charge in [0.05, 0.1) is 5.69 Å². The molecular formula is C16H21N3OS. The normalized spacial score (nSPS) is 18.7. The molecule has 112 valence electrons. The molecule has 3 rings (SSSR count). The maximum atomic E-state index is 11.4. The molecule has 0 fully saturated rings. The summed E-state index contributed by atoms with van der Waals surface area (Å²) in [4.78, 5) is 17.4. The van der Waals surface area contributed by atoms with Gasteiger partial charge in [0.1, 0.15) is 9.71 Å². The number of aryl methyl sites for hydroxylation is 1. The lowest BCUT2D eigenvalue weighted by molar-refractivity contribution is 0.100. The van der Waals surface area contributed by atoms with Crippen molar-refractivity contribution < 1.29 is 4.79 Å². The molecule has 1 aliphatic carbocycles. The van der Waals surface area contributed by atoms with Crippen molar-refractivity contribution in [2.45, 2.75) is 40.0 Å². The number of carbonyl (C=O) groups is 1. The van der Waals surface area contributed by atoms with Crippen molar-refractivity contribution in [1.29, 1.82) is 0 Å². The summed E-state index contributed by atoms with van der Waals surface area (Å²) in [7, 11) is 0. The first-order valence-corrected chi connectivity index (χ1v) is 8.09. The minimum Gasteiger partial charge on any atom is -0.397 e. The van der Waals surface area contributed by atoms with Gasteiger partial charge in [0.25, 0.3) is 5.91 Å². The maximum Gasteiger partial charge on any atom is 0.260 e. The van der Waals surface area contributed by atoms with E-state index >= 15 is 0 Å². The van der Waals surface area contributed by atoms with Crippen LogP contribution in [0.3, 0.4) is 0 Å². The van der Waals surface area contributed by atoms with Crippen molar-refractivity contribution in [3.63, 3.8) is 0 Å². The minimum atomic E-state index is -0.471. The highest BCUT2D eigenvalue weighted by Gasteiger charge is 2.30. The van der Waals surface area contributed by atoms with Crippen LogP contribution in [0, 0.1) is 11.3 Å². The summed E-state index contributed by atoms with van der Waals surface area (Å²) in [6.45, 7) is 6.87. The number of pyridine rings is 1. The topological polar surface area (TPSA) is 82.0 Å². The largest absolute Gasteiger partial charge is 0.397 e. The molecule has 1 unspecified atom stereocenters. The van der Waals surface area contributed by atoms with E-state index in [2.05, 4.69) is 26.8 Å². The number of nitrogen functional groups attached to an aromatic ring is 1. The second-order valence-corrected chi connectivity index (χ2v) is 7.96. The summed E-state index contributed by atoms with van der Waals surface area (Å²) in [6.07, 6.45) is 3.19. The Morgan fingerprint density at radius 3 is 2.76 bits per heavy atom. The summed E-state index contributed by atoms with van der Waals surface area (Å²) in [5, 5.41) is 0.877. The van der Waals surface area contributed by atoms with Gasteiger partial charge in [0, 0.05) is 11.1 Å². The molecule has 0 aliphatic heterocycles. The van der Waals surface area contributed by atoms with Crippen LogP contribution in [0.15, 0.2) is 6.07 Å². The smallest absolute Gasteiger partial charge is 0.260 e. The summed E-state index contributed by atoms with van der Waals surface area (Å²) in [5.41, 5.74) is 14.6. The van der Waals surface area contributed by atoms with E-state index in [9.17, 15) is 4.79 Å². The fourth-order valence-electron chi connectivity index (χ4n) is 3.11. The van der Waals surface area contributed by atoms with Gasteiger partial charge in [-0.05, 0) is 42.2 Å². The third kappa shape index (κ3) is 2.39. The van der Waals surface area contributed by atoms with Crippen molar-refractivity contribution in [3.05, 3.63) is 22.2 Å². The van der Waals surface area contributed by atoms with Gasteiger partial charge in [-0.25, -0.2) is 4.98 Å². The number of fused-ring (bicyclic) bond motifs is 2. The first-order chi connectivity index (χ1) is 9.77. The molecule has 21 heavy (non-hydrogen) atoms. The summed E-state index contributed by atoms with van der Waals surface area (Å²) in [5.74, 6) is 0.181. The molecule has 0 spiro atoms. The number of anilines is 1. The number of aromatic nitrogens is 1. The highest BCUT2D eigenvalue weighted by atomic mass is 32.1. The molecule has 1 amide bonds. The third-order valence-electron chi connectivity index (χ3n) is 4.53. The molecule has 4 nitrogen and oxygen atoms in total. The van der Waals surface area contributed by atoms with E-state index in [1.165, 1.54) is 23.3 Å². The second-order valence-electron chi connectivity index (χ2n) is 6.96. The van der Waals surface area contributed by atoms with E-state index in [-0.39, 0.29) is 0 Å². The molecule has 1 atom stereocenters. The van der Waals surface area contributed by atoms with Gasteiger partial charge in [0.2, 0.25) is 0 Å². The number of nitrogens with zero attached hydrogens (tertiary/aromatic N) is 1. The molecule has 5 heteroatoms. The van der Waals surface area contributed by atoms with E-state index in [0.29, 0.717) is 21.9 Å². The number of hydrogen-bond acceptors (Lipinski definition) is 4. The van der Waals surface area contributed by atoms with Crippen LogP contribution in [-0.4, -0.2) is 10.9 Å². The average molecular weight is 303 g/mol. The van der Waals surface area contributed by atoms with Crippen molar-refractivity contribution in [1.82, 2.24) is 4.98 Å². The Morgan fingerprint density at radius 1 is 1.43 bits per heavy atom. The Morgan fingerprint density at radius 2 is 2.14 bits per heavy atom. The zero-order valence-electron chi connectivity index (χ0n) is 12.7. The molecule has 0 bridgehead atoms. The molecule has 2 heterocycles. The minimum absolute atomic E-state index is 0.297. The SMILES string of the molecule is CC(C)(C)C1CCc2nc3sc(C(N)=O)c(N)c3cc2C1. The van der Waals surface area contributed by atoms with E-state index in [4.69, 9.17) is 16.5 Å². The van der Waals surface area contributed by atoms with Gasteiger partial charge in [-0.2, -0.15) is 0 Å². The van der Waals surface area contributed by atoms with Crippen LogP contribution in [-0.2, 0) is 12.8 Å². The molecular weight excluding hydrogens is 282 g/mol. The van der Waals surface area contributed by atoms with Crippen LogP contribution in [0.4, 0.5) is 5.69 Å². The number of primary amides is 1. The molecule has 0 aromatic carbocycles. The van der Waals surface area contributed by atoms with Gasteiger partial charge < -0.3 is 11.5 Å². The first kappa shape index (κ1) is 14.3. The van der Waals surface area contributed by atoms with E-state index in [1.807, 2.05) is 0 Å². The Hall–Kier alpha value is -1.62. The second kappa shape index (κ2) is 4.70. The lowest BCUT2D eigenvalue weighted by Gasteiger charge is -2.34. The summed E-state index contributed by atoms with van der Waals surface area (Å²) < 4.78 is 0. The molecule has 0 saturated carbocycles. The zero-order chi connectivity index (χ0) is 15.4. The van der Waals surface area contributed by atoms with Crippen LogP contribution in [0.5, 0.6) is 0 Å². The lowest BCUT2D eigenvalue weighted by atomic mass is 9.71. The van der Waals surface area contributed by atoms with Gasteiger partial charge >= 0.3 is 0 Å². The molecule has 1 aliphatic rings. The summed E-state index contributed by atoms with van der Waals surface area (Å²) in [6, 6.07) is 2.12. The van der Waals surface area contributed by atoms with Gasteiger partial charge in [-0.3, -0.25) is 4.79 Å². The number of carbonyl (C=O) groups excluding carboxylic acids is 1. The predicted molar refractivity (Wildman–Crippen MR) is 87.5 cm³/mol. The Kier molecular flexibility index (Phi) is 3.20. The standard InChI is InChI=1S/C16H21N3OS/c1-16(2,3)9-4-5-11-8(6-9)7-10-12(17)13(14(18)20)21-15(10)19-11/h7,9H,4-6,17H2,1-3H3,(H2,18,20). The highest BCUT2D eigenvalue weighted by Crippen LogP contribution is 2.40. The van der Waals surface area contributed by atoms with Crippen LogP contribution in [0.1, 0.15) is 48.1 Å². The van der Waals surface area contributed by atoms with Gasteiger partial charge in [0.15, 0.2) is 0 Å². The number of thiophene rings is 1. The van der Waals surface area contributed by atoms with Crippen LogP contribution < -0.4 is 11.5 Å². The predicted octanol–water partition coefficient (Wildman–Crippen LogP) is 3.13. The fraction of sp³-hybridized carbons (Fsp3) is 0.500. The van der Waals surface area contributed by atoms with E-state index in [0.717, 1.165) is 28.8 Å². The van der Waals surface area contributed by atoms with Crippen molar-refractivity contribution in [2.24, 2.45) is 17.1 Å². The fourth-order valence-corrected chi connectivity index (χ4v) is 4.06. The zero-order valence-corrected chi connectivity index (χ0v) is 13.5. The molecule has 2 aromatic rings. The van der Waals surface area contributed by atoms with Crippen molar-refractivity contribution in [3.8, 4) is 0 Å². The lowest BCUT2D eigenvalue weighted by Crippen LogP contribution is -2.27. The number of nitrogens with two attached hydrogens (primary N) is 2. The highest BCUT2D eigenvalue weighted by molar-refractivity contribution is 7.21. The van der Waals surface area contributed by atoms with Gasteiger partial charge in [-0.1, -0.05) is 20.8 Å². The number of hydrogen-bond donors (Lipinski definition) is 2. The average Bonchev–Trinajstić information content (AvgIpc) is 2.72. The molecule has 0 radical (unpaired) electrons. The Balaban J connectivity index is 2.09. The molecule has 4 N–H and O–H groups in total. The van der Waals surface area contributed by atoms with Crippen molar-refractivity contribution in [2.75, 3.05) is 5.73 Å². The first-order valence-electron chi connectivity index (χ1n) is 7.28. The Bertz CT molecular complexity index is 727. The maximum absolute atomic E-state index is 11.4. The molecule has 2 aromatic heterocycles. The Labute approximate surface area is 128 Å². The third-order valence-corrected chi connectivity index (χ3v) is 5.66. The molecule has 0 saturated heterocycles.